The van der Waals surface area contributed by atoms with Crippen LogP contribution in [0.15, 0.2) is 64.8 Å². The van der Waals surface area contributed by atoms with Gasteiger partial charge in [-0.05, 0) is 48.7 Å². The van der Waals surface area contributed by atoms with Crippen LogP contribution in [-0.4, -0.2) is 12.2 Å². The molecule has 3 aromatic rings. The van der Waals surface area contributed by atoms with Crippen molar-refractivity contribution in [1.82, 2.24) is 0 Å². The van der Waals surface area contributed by atoms with E-state index in [9.17, 15) is 5.11 Å². The Kier molecular flexibility index (Phi) is 3.74. The van der Waals surface area contributed by atoms with E-state index >= 15 is 0 Å². The lowest BCUT2D eigenvalue weighted by Crippen LogP contribution is -1.87. The van der Waals surface area contributed by atoms with Gasteiger partial charge in [0.15, 0.2) is 5.75 Å². The lowest BCUT2D eigenvalue weighted by Gasteiger charge is -2.06. The van der Waals surface area contributed by atoms with E-state index in [-0.39, 0.29) is 5.75 Å². The molecule has 0 amide bonds. The summed E-state index contributed by atoms with van der Waals surface area (Å²) < 4.78 is 0. The van der Waals surface area contributed by atoms with Gasteiger partial charge < -0.3 is 10.4 Å². The summed E-state index contributed by atoms with van der Waals surface area (Å²) in [6.45, 7) is 2.02. The van der Waals surface area contributed by atoms with E-state index in [4.69, 9.17) is 0 Å². The molecule has 0 bridgehead atoms. The number of phenols is 1. The second kappa shape index (κ2) is 5.85. The second-order valence-electron chi connectivity index (χ2n) is 5.15. The molecular weight excluding hydrogens is 274 g/mol. The molecule has 0 saturated carbocycles. The first-order valence-corrected chi connectivity index (χ1v) is 7.09. The van der Waals surface area contributed by atoms with Crippen molar-refractivity contribution in [3.63, 3.8) is 0 Å². The average Bonchev–Trinajstić information content (AvgIpc) is 2.55. The number of nitrogens with one attached hydrogen (secondary N) is 1. The Bertz CT molecular complexity index is 839. The molecule has 0 unspecified atom stereocenters. The third-order valence-electron chi connectivity index (χ3n) is 3.57. The molecule has 0 heterocycles. The van der Waals surface area contributed by atoms with Crippen LogP contribution in [-0.2, 0) is 0 Å². The normalized spacial score (nSPS) is 11.2. The first-order valence-electron chi connectivity index (χ1n) is 7.09. The largest absolute Gasteiger partial charge is 0.505 e. The SMILES string of the molecule is CNc1ccc2c(O)c(N=Nc3ccc(C)cc3)ccc2c1. The van der Waals surface area contributed by atoms with Crippen LogP contribution in [0.2, 0.25) is 0 Å². The van der Waals surface area contributed by atoms with Crippen molar-refractivity contribution in [3.05, 3.63) is 60.2 Å². The molecule has 0 aromatic heterocycles. The molecule has 0 radical (unpaired) electrons. The molecule has 3 rings (SSSR count). The number of benzene rings is 3. The molecule has 0 spiro atoms. The average molecular weight is 291 g/mol. The molecule has 0 aliphatic heterocycles. The fraction of sp³-hybridized carbons (Fsp3) is 0.111. The van der Waals surface area contributed by atoms with E-state index in [2.05, 4.69) is 15.5 Å². The van der Waals surface area contributed by atoms with Gasteiger partial charge in [0.2, 0.25) is 0 Å². The molecule has 4 heteroatoms. The van der Waals surface area contributed by atoms with E-state index in [0.717, 1.165) is 22.1 Å². The minimum atomic E-state index is 0.149. The molecule has 22 heavy (non-hydrogen) atoms. The Morgan fingerprint density at radius 2 is 1.68 bits per heavy atom. The molecular formula is C18H17N3O. The predicted octanol–water partition coefficient (Wildman–Crippen LogP) is 5.31. The monoisotopic (exact) mass is 291 g/mol. The fourth-order valence-corrected chi connectivity index (χ4v) is 2.26. The zero-order chi connectivity index (χ0) is 15.5. The topological polar surface area (TPSA) is 57.0 Å². The summed E-state index contributed by atoms with van der Waals surface area (Å²) in [5.41, 5.74) is 3.40. The zero-order valence-electron chi connectivity index (χ0n) is 12.5. The molecule has 0 aliphatic rings. The standard InChI is InChI=1S/C18H17N3O/c1-12-3-6-14(7-4-12)20-21-17-10-5-13-11-15(19-2)8-9-16(13)18(17)22/h3-11,19,22H,1-2H3. The van der Waals surface area contributed by atoms with Gasteiger partial charge in [0.05, 0.1) is 5.69 Å². The Morgan fingerprint density at radius 3 is 2.41 bits per heavy atom. The number of hydrogen-bond acceptors (Lipinski definition) is 4. The van der Waals surface area contributed by atoms with Crippen molar-refractivity contribution in [2.75, 3.05) is 12.4 Å². The Labute approximate surface area is 129 Å². The second-order valence-corrected chi connectivity index (χ2v) is 5.15. The highest BCUT2D eigenvalue weighted by Gasteiger charge is 2.06. The van der Waals surface area contributed by atoms with Crippen molar-refractivity contribution < 1.29 is 5.11 Å². The summed E-state index contributed by atoms with van der Waals surface area (Å²) in [7, 11) is 1.87. The fourth-order valence-electron chi connectivity index (χ4n) is 2.26. The quantitative estimate of drug-likeness (QED) is 0.642. The highest BCUT2D eigenvalue weighted by atomic mass is 16.3. The number of azo groups is 1. The smallest absolute Gasteiger partial charge is 0.150 e. The van der Waals surface area contributed by atoms with E-state index in [1.165, 1.54) is 5.56 Å². The van der Waals surface area contributed by atoms with Crippen molar-refractivity contribution >= 4 is 27.8 Å². The number of aryl methyl sites for hydroxylation is 1. The lowest BCUT2D eigenvalue weighted by atomic mass is 10.1. The first kappa shape index (κ1) is 14.1. The van der Waals surface area contributed by atoms with Crippen molar-refractivity contribution in [2.24, 2.45) is 10.2 Å². The van der Waals surface area contributed by atoms with Gasteiger partial charge >= 0.3 is 0 Å². The number of fused-ring (bicyclic) bond motifs is 1. The van der Waals surface area contributed by atoms with Crippen LogP contribution in [0.3, 0.4) is 0 Å². The molecule has 2 N–H and O–H groups in total. The summed E-state index contributed by atoms with van der Waals surface area (Å²) >= 11 is 0. The van der Waals surface area contributed by atoms with Crippen molar-refractivity contribution in [2.45, 2.75) is 6.92 Å². The van der Waals surface area contributed by atoms with Crippen LogP contribution in [0.25, 0.3) is 10.8 Å². The highest BCUT2D eigenvalue weighted by molar-refractivity contribution is 5.94. The minimum Gasteiger partial charge on any atom is -0.505 e. The van der Waals surface area contributed by atoms with E-state index in [1.807, 2.05) is 62.5 Å². The number of rotatable bonds is 3. The van der Waals surface area contributed by atoms with Gasteiger partial charge in [0, 0.05) is 18.1 Å². The molecule has 0 fully saturated rings. The molecule has 0 atom stereocenters. The zero-order valence-corrected chi connectivity index (χ0v) is 12.5. The van der Waals surface area contributed by atoms with Crippen LogP contribution in [0.4, 0.5) is 17.1 Å². The number of aromatic hydroxyl groups is 1. The molecule has 3 aromatic carbocycles. The maximum Gasteiger partial charge on any atom is 0.150 e. The summed E-state index contributed by atoms with van der Waals surface area (Å²) in [6, 6.07) is 17.2. The van der Waals surface area contributed by atoms with Crippen LogP contribution in [0.1, 0.15) is 5.56 Å². The maximum absolute atomic E-state index is 10.4. The van der Waals surface area contributed by atoms with Gasteiger partial charge in [-0.15, -0.1) is 5.11 Å². The lowest BCUT2D eigenvalue weighted by molar-refractivity contribution is 0.482. The van der Waals surface area contributed by atoms with Gasteiger partial charge in [0.1, 0.15) is 5.69 Å². The number of phenolic OH excluding ortho intramolecular Hbond substituents is 1. The molecule has 0 aliphatic carbocycles. The van der Waals surface area contributed by atoms with Gasteiger partial charge in [-0.1, -0.05) is 23.8 Å². The maximum atomic E-state index is 10.4. The Hall–Kier alpha value is -2.88. The van der Waals surface area contributed by atoms with Crippen LogP contribution >= 0.6 is 0 Å². The van der Waals surface area contributed by atoms with E-state index in [0.29, 0.717) is 5.69 Å². The Morgan fingerprint density at radius 1 is 0.909 bits per heavy atom. The van der Waals surface area contributed by atoms with Crippen LogP contribution < -0.4 is 5.32 Å². The highest BCUT2D eigenvalue weighted by Crippen LogP contribution is 2.36. The summed E-state index contributed by atoms with van der Waals surface area (Å²) in [5.74, 6) is 0.149. The van der Waals surface area contributed by atoms with Crippen molar-refractivity contribution in [3.8, 4) is 5.75 Å². The van der Waals surface area contributed by atoms with Gasteiger partial charge in [-0.25, -0.2) is 0 Å². The number of anilines is 1. The predicted molar refractivity (Wildman–Crippen MR) is 90.5 cm³/mol. The summed E-state index contributed by atoms with van der Waals surface area (Å²) in [5, 5.41) is 23.5. The molecule has 0 saturated heterocycles. The summed E-state index contributed by atoms with van der Waals surface area (Å²) in [6.07, 6.45) is 0. The molecule has 4 nitrogen and oxygen atoms in total. The van der Waals surface area contributed by atoms with Gasteiger partial charge in [0.25, 0.3) is 0 Å². The third kappa shape index (κ3) is 2.76. The van der Waals surface area contributed by atoms with Crippen LogP contribution in [0.5, 0.6) is 5.75 Å². The minimum absolute atomic E-state index is 0.149. The van der Waals surface area contributed by atoms with Crippen molar-refractivity contribution in [1.29, 1.82) is 0 Å². The Balaban J connectivity index is 1.97. The first-order chi connectivity index (χ1) is 10.7. The van der Waals surface area contributed by atoms with Crippen LogP contribution in [0, 0.1) is 6.92 Å². The van der Waals surface area contributed by atoms with E-state index < -0.39 is 0 Å². The third-order valence-corrected chi connectivity index (χ3v) is 3.57. The summed E-state index contributed by atoms with van der Waals surface area (Å²) in [4.78, 5) is 0. The van der Waals surface area contributed by atoms with E-state index in [1.54, 1.807) is 6.07 Å². The number of nitrogens with zero attached hydrogens (tertiary/aromatic N) is 2. The molecule has 110 valence electrons. The van der Waals surface area contributed by atoms with Gasteiger partial charge in [-0.3, -0.25) is 0 Å². The van der Waals surface area contributed by atoms with Gasteiger partial charge in [-0.2, -0.15) is 5.11 Å². The number of hydrogen-bond donors (Lipinski definition) is 2.